The van der Waals surface area contributed by atoms with Gasteiger partial charge in [0.1, 0.15) is 36.5 Å². The van der Waals surface area contributed by atoms with Crippen molar-refractivity contribution >= 4 is 63.9 Å². The van der Waals surface area contributed by atoms with E-state index in [1.807, 2.05) is 56.4 Å². The van der Waals surface area contributed by atoms with Gasteiger partial charge in [0.25, 0.3) is 0 Å². The van der Waals surface area contributed by atoms with Gasteiger partial charge in [0, 0.05) is 29.2 Å². The molecule has 10 nitrogen and oxygen atoms in total. The number of hydrogen-bond acceptors (Lipinski definition) is 8. The molecule has 0 unspecified atom stereocenters. The number of benzene rings is 4. The summed E-state index contributed by atoms with van der Waals surface area (Å²) < 4.78 is 120. The summed E-state index contributed by atoms with van der Waals surface area (Å²) in [5, 5.41) is 20.5. The fraction of sp³-hybridized carbons (Fsp3) is 0.286. The predicted octanol–water partition coefficient (Wildman–Crippen LogP) is 9.81. The first-order valence-corrected chi connectivity index (χ1v) is 19.5. The third kappa shape index (κ3) is 18.9. The Morgan fingerprint density at radius 1 is 0.677 bits per heavy atom. The molecule has 20 heteroatoms. The number of ether oxygens (including phenoxy) is 2. The first-order chi connectivity index (χ1) is 28.8. The number of anilines is 2. The Morgan fingerprint density at radius 2 is 1.11 bits per heavy atom. The summed E-state index contributed by atoms with van der Waals surface area (Å²) in [6.07, 6.45) is -5.87. The zero-order valence-electron chi connectivity index (χ0n) is 34.0. The maximum atomic E-state index is 13.0. The minimum absolute atomic E-state index is 0.0241. The molecule has 4 aromatic carbocycles. The van der Waals surface area contributed by atoms with E-state index in [4.69, 9.17) is 31.6 Å². The van der Waals surface area contributed by atoms with Gasteiger partial charge in [0.15, 0.2) is 0 Å². The van der Waals surface area contributed by atoms with Crippen LogP contribution in [0.2, 0.25) is 0 Å². The summed E-state index contributed by atoms with van der Waals surface area (Å²) in [6, 6.07) is 25.2. The molecule has 5 rings (SSSR count). The first-order valence-electron chi connectivity index (χ1n) is 18.5. The smallest absolute Gasteiger partial charge is 0.399 e. The van der Waals surface area contributed by atoms with Crippen LogP contribution in [0.5, 0.6) is 0 Å². The highest BCUT2D eigenvalue weighted by molar-refractivity contribution is 14.1. The Labute approximate surface area is 368 Å². The van der Waals surface area contributed by atoms with Gasteiger partial charge in [-0.1, -0.05) is 42.5 Å². The Kier molecular flexibility index (Phi) is 18.9. The number of amidine groups is 2. The summed E-state index contributed by atoms with van der Waals surface area (Å²) in [7, 11) is -0.535. The predicted molar refractivity (Wildman–Crippen MR) is 234 cm³/mol. The standard InChI is InChI=1S/C18H17F4N3O.C15H20BF3O3.C9H9FIN3/c19-14-4-6-15(7-5-14)25-16(9-17(23)24)13-3-1-2-12(8-13)10-26-11-18(20,21)22;1-13(2)14(3,4)22-16(21-13)12-7-5-6-11(8-12)9-20-10-15(17,18)19;10-6-1-3-7(4-2-6)14-8(11)5-9(12)13/h1-9,25H,10-11H2,(H3,23,24);5-8H,9-10H2,1-4H3;1-5,14H,(H3,12,13)/b16-9-;;8-5-. The molecule has 1 aliphatic rings. The number of hydrogen-bond donors (Lipinski definition) is 6. The molecule has 0 aliphatic carbocycles. The number of nitrogens with two attached hydrogens (primary N) is 2. The highest BCUT2D eigenvalue weighted by Crippen LogP contribution is 2.36. The van der Waals surface area contributed by atoms with Crippen molar-refractivity contribution in [3.05, 3.63) is 141 Å². The highest BCUT2D eigenvalue weighted by atomic mass is 127. The van der Waals surface area contributed by atoms with Gasteiger partial charge in [0.2, 0.25) is 0 Å². The fourth-order valence-corrected chi connectivity index (χ4v) is 5.73. The molecule has 1 aliphatic heterocycles. The minimum Gasteiger partial charge on any atom is -0.399 e. The number of halogens is 9. The lowest BCUT2D eigenvalue weighted by Crippen LogP contribution is -2.41. The summed E-state index contributed by atoms with van der Waals surface area (Å²) >= 11 is 2.00. The molecule has 0 saturated carbocycles. The van der Waals surface area contributed by atoms with Gasteiger partial charge in [-0.3, -0.25) is 10.8 Å². The quantitative estimate of drug-likeness (QED) is 0.0182. The lowest BCUT2D eigenvalue weighted by Gasteiger charge is -2.32. The van der Waals surface area contributed by atoms with E-state index in [1.165, 1.54) is 48.6 Å². The molecule has 62 heavy (non-hydrogen) atoms. The molecule has 0 amide bonds. The Bertz CT molecular complexity index is 2140. The van der Waals surface area contributed by atoms with Gasteiger partial charge in [0.05, 0.1) is 28.1 Å². The van der Waals surface area contributed by atoms with Crippen molar-refractivity contribution in [3.8, 4) is 0 Å². The van der Waals surface area contributed by atoms with E-state index in [-0.39, 0.29) is 30.7 Å². The van der Waals surface area contributed by atoms with Crippen LogP contribution in [0, 0.1) is 22.5 Å². The van der Waals surface area contributed by atoms with E-state index in [0.29, 0.717) is 31.8 Å². The monoisotopic (exact) mass is 988 g/mol. The summed E-state index contributed by atoms with van der Waals surface area (Å²) in [6.45, 7) is 4.89. The van der Waals surface area contributed by atoms with Gasteiger partial charge in [-0.25, -0.2) is 8.78 Å². The average molecular weight is 989 g/mol. The first kappa shape index (κ1) is 51.3. The maximum absolute atomic E-state index is 13.0. The molecule has 4 aromatic rings. The second kappa shape index (κ2) is 22.9. The largest absolute Gasteiger partial charge is 0.494 e. The van der Waals surface area contributed by atoms with Gasteiger partial charge in [-0.05, 0) is 127 Å². The number of nitrogens with one attached hydrogen (secondary N) is 4. The third-order valence-electron chi connectivity index (χ3n) is 8.60. The molecule has 0 radical (unpaired) electrons. The Hall–Kier alpha value is -5.03. The van der Waals surface area contributed by atoms with Crippen molar-refractivity contribution in [1.29, 1.82) is 10.8 Å². The Morgan fingerprint density at radius 3 is 1.56 bits per heavy atom. The van der Waals surface area contributed by atoms with E-state index in [0.717, 1.165) is 11.2 Å². The van der Waals surface area contributed by atoms with E-state index in [9.17, 15) is 35.1 Å². The second-order valence-corrected chi connectivity index (χ2v) is 15.6. The van der Waals surface area contributed by atoms with Crippen LogP contribution >= 0.6 is 22.6 Å². The van der Waals surface area contributed by atoms with E-state index in [1.54, 1.807) is 54.6 Å². The van der Waals surface area contributed by atoms with Crippen LogP contribution in [0.25, 0.3) is 5.70 Å². The van der Waals surface area contributed by atoms with Crippen LogP contribution < -0.4 is 27.6 Å². The minimum atomic E-state index is -4.39. The van der Waals surface area contributed by atoms with Crippen LogP contribution in [0.15, 0.2) is 113 Å². The van der Waals surface area contributed by atoms with Crippen LogP contribution in [0.3, 0.4) is 0 Å². The molecular formula is C42H46BF8IN6O4. The maximum Gasteiger partial charge on any atom is 0.494 e. The fourth-order valence-electron chi connectivity index (χ4n) is 5.09. The molecule has 0 bridgehead atoms. The molecular weight excluding hydrogens is 942 g/mol. The molecule has 1 saturated heterocycles. The third-order valence-corrected chi connectivity index (χ3v) is 9.18. The van der Waals surface area contributed by atoms with Crippen LogP contribution in [-0.2, 0) is 32.0 Å². The van der Waals surface area contributed by atoms with Gasteiger partial charge in [-0.2, -0.15) is 26.3 Å². The van der Waals surface area contributed by atoms with Crippen molar-refractivity contribution in [3.63, 3.8) is 0 Å². The van der Waals surface area contributed by atoms with E-state index in [2.05, 4.69) is 20.1 Å². The van der Waals surface area contributed by atoms with Crippen molar-refractivity contribution in [2.75, 3.05) is 23.8 Å². The molecule has 8 N–H and O–H groups in total. The zero-order valence-corrected chi connectivity index (χ0v) is 36.1. The van der Waals surface area contributed by atoms with Crippen molar-refractivity contribution in [2.24, 2.45) is 11.5 Å². The van der Waals surface area contributed by atoms with Crippen molar-refractivity contribution < 1.29 is 53.9 Å². The normalized spacial score (nSPS) is 14.8. The molecule has 0 atom stereocenters. The van der Waals surface area contributed by atoms with Crippen molar-refractivity contribution in [1.82, 2.24) is 0 Å². The van der Waals surface area contributed by atoms with Crippen LogP contribution in [0.4, 0.5) is 46.5 Å². The summed E-state index contributed by atoms with van der Waals surface area (Å²) in [4.78, 5) is 0. The topological polar surface area (TPSA) is 161 Å². The van der Waals surface area contributed by atoms with E-state index < -0.39 is 49.7 Å². The van der Waals surface area contributed by atoms with Gasteiger partial charge in [-0.15, -0.1) is 0 Å². The summed E-state index contributed by atoms with van der Waals surface area (Å²) in [5.41, 5.74) is 14.0. The number of rotatable bonds is 14. The van der Waals surface area contributed by atoms with Crippen LogP contribution in [0.1, 0.15) is 44.4 Å². The molecule has 1 fully saturated rings. The zero-order chi connectivity index (χ0) is 46.3. The SMILES string of the molecule is CC1(C)OB(c2cccc(COCC(F)(F)F)c2)OC1(C)C.N=C(N)/C=C(/I)Nc1ccc(F)cc1.N=C(N)/C=C(\Nc1ccc(F)cc1)c1cccc(COCC(F)(F)F)c1. The Balaban J connectivity index is 0.000000259. The highest BCUT2D eigenvalue weighted by Gasteiger charge is 2.51. The lowest BCUT2D eigenvalue weighted by atomic mass is 9.78. The van der Waals surface area contributed by atoms with Crippen LogP contribution in [-0.4, -0.2) is 55.6 Å². The molecule has 1 heterocycles. The van der Waals surface area contributed by atoms with E-state index >= 15 is 0 Å². The molecule has 0 aromatic heterocycles. The van der Waals surface area contributed by atoms with Crippen molar-refractivity contribution in [2.45, 2.75) is 64.5 Å². The van der Waals surface area contributed by atoms with Gasteiger partial charge < -0.3 is 40.9 Å². The summed E-state index contributed by atoms with van der Waals surface area (Å²) in [5.74, 6) is -0.907. The number of alkyl halides is 6. The lowest BCUT2D eigenvalue weighted by molar-refractivity contribution is -0.177. The van der Waals surface area contributed by atoms with Gasteiger partial charge >= 0.3 is 19.5 Å². The molecule has 0 spiro atoms. The second-order valence-electron chi connectivity index (χ2n) is 14.5. The molecule has 334 valence electrons. The average Bonchev–Trinajstić information content (AvgIpc) is 3.38.